The number of halogens is 1. The fourth-order valence-corrected chi connectivity index (χ4v) is 1.85. The molecule has 7 heteroatoms. The van der Waals surface area contributed by atoms with Gasteiger partial charge in [0.2, 0.25) is 0 Å². The summed E-state index contributed by atoms with van der Waals surface area (Å²) in [6, 6.07) is 3.25. The Hall–Kier alpha value is -2.44. The summed E-state index contributed by atoms with van der Waals surface area (Å²) in [5, 5.41) is 14.3. The quantitative estimate of drug-likeness (QED) is 0.677. The number of rotatable bonds is 4. The van der Waals surface area contributed by atoms with Crippen LogP contribution >= 0.6 is 0 Å². The molecule has 1 heterocycles. The summed E-state index contributed by atoms with van der Waals surface area (Å²) in [4.78, 5) is 10.1. The highest BCUT2D eigenvalue weighted by Crippen LogP contribution is 2.31. The molecule has 1 aromatic heterocycles. The SMILES string of the molecule is CCCc1c(N)noc1-c1cc(F)cc([N+](=O)[O-])c1. The minimum atomic E-state index is -0.707. The molecular weight excluding hydrogens is 253 g/mol. The summed E-state index contributed by atoms with van der Waals surface area (Å²) in [5.41, 5.74) is 6.23. The van der Waals surface area contributed by atoms with Crippen LogP contribution in [-0.4, -0.2) is 10.1 Å². The van der Waals surface area contributed by atoms with Crippen LogP contribution in [0.3, 0.4) is 0 Å². The molecule has 0 aliphatic rings. The smallest absolute Gasteiger partial charge is 0.273 e. The van der Waals surface area contributed by atoms with Gasteiger partial charge < -0.3 is 10.3 Å². The predicted octanol–water partition coefficient (Wildman–Crippen LogP) is 2.92. The molecule has 0 amide bonds. The van der Waals surface area contributed by atoms with E-state index in [1.807, 2.05) is 6.92 Å². The fraction of sp³-hybridized carbons (Fsp3) is 0.250. The fourth-order valence-electron chi connectivity index (χ4n) is 1.85. The minimum absolute atomic E-state index is 0.226. The Balaban J connectivity index is 2.55. The zero-order valence-electron chi connectivity index (χ0n) is 10.2. The largest absolute Gasteiger partial charge is 0.381 e. The molecular formula is C12H12FN3O3. The van der Waals surface area contributed by atoms with Crippen molar-refractivity contribution in [3.05, 3.63) is 39.7 Å². The topological polar surface area (TPSA) is 95.2 Å². The lowest BCUT2D eigenvalue weighted by Crippen LogP contribution is -1.94. The standard InChI is InChI=1S/C12H12FN3O3/c1-2-3-10-11(19-15-12(10)14)7-4-8(13)6-9(5-7)16(17)18/h4-6H,2-3H2,1H3,(H2,14,15). The van der Waals surface area contributed by atoms with Gasteiger partial charge in [0.05, 0.1) is 11.0 Å². The number of nitro benzene ring substituents is 1. The van der Waals surface area contributed by atoms with Crippen LogP contribution in [0.5, 0.6) is 0 Å². The Morgan fingerprint density at radius 1 is 1.47 bits per heavy atom. The van der Waals surface area contributed by atoms with Crippen LogP contribution in [-0.2, 0) is 6.42 Å². The molecule has 0 saturated heterocycles. The number of nitrogen functional groups attached to an aromatic ring is 1. The number of nitro groups is 1. The van der Waals surface area contributed by atoms with Crippen LogP contribution in [0.4, 0.5) is 15.9 Å². The number of hydrogen-bond acceptors (Lipinski definition) is 5. The van der Waals surface area contributed by atoms with Crippen LogP contribution in [0, 0.1) is 15.9 Å². The second-order valence-corrected chi connectivity index (χ2v) is 4.08. The van der Waals surface area contributed by atoms with E-state index in [9.17, 15) is 14.5 Å². The van der Waals surface area contributed by atoms with Gasteiger partial charge in [-0.3, -0.25) is 10.1 Å². The number of aromatic nitrogens is 1. The number of nitrogens with two attached hydrogens (primary N) is 1. The second kappa shape index (κ2) is 5.05. The van der Waals surface area contributed by atoms with Crippen molar-refractivity contribution in [1.82, 2.24) is 5.16 Å². The Morgan fingerprint density at radius 2 is 2.21 bits per heavy atom. The van der Waals surface area contributed by atoms with E-state index in [-0.39, 0.29) is 22.8 Å². The first-order chi connectivity index (χ1) is 9.02. The zero-order chi connectivity index (χ0) is 14.0. The highest BCUT2D eigenvalue weighted by Gasteiger charge is 2.18. The Kier molecular flexibility index (Phi) is 3.46. The molecule has 100 valence electrons. The number of hydrogen-bond donors (Lipinski definition) is 1. The number of anilines is 1. The number of benzene rings is 1. The van der Waals surface area contributed by atoms with Crippen molar-refractivity contribution < 1.29 is 13.8 Å². The third-order valence-corrected chi connectivity index (χ3v) is 2.67. The second-order valence-electron chi connectivity index (χ2n) is 4.08. The summed E-state index contributed by atoms with van der Waals surface area (Å²) in [6.45, 7) is 1.95. The molecule has 2 rings (SSSR count). The first-order valence-electron chi connectivity index (χ1n) is 5.72. The van der Waals surface area contributed by atoms with E-state index in [4.69, 9.17) is 10.3 Å². The molecule has 6 nitrogen and oxygen atoms in total. The lowest BCUT2D eigenvalue weighted by Gasteiger charge is -2.01. The van der Waals surface area contributed by atoms with Gasteiger partial charge >= 0.3 is 0 Å². The summed E-state index contributed by atoms with van der Waals surface area (Å²) in [7, 11) is 0. The minimum Gasteiger partial charge on any atom is -0.381 e. The van der Waals surface area contributed by atoms with Crippen LogP contribution in [0.15, 0.2) is 22.7 Å². The average molecular weight is 265 g/mol. The third kappa shape index (κ3) is 2.54. The first kappa shape index (κ1) is 13.0. The molecule has 2 N–H and O–H groups in total. The molecule has 1 aromatic carbocycles. The van der Waals surface area contributed by atoms with Crippen LogP contribution in [0.1, 0.15) is 18.9 Å². The molecule has 2 aromatic rings. The van der Waals surface area contributed by atoms with Crippen molar-refractivity contribution in [3.63, 3.8) is 0 Å². The molecule has 0 saturated carbocycles. The lowest BCUT2D eigenvalue weighted by molar-refractivity contribution is -0.385. The van der Waals surface area contributed by atoms with Crippen LogP contribution in [0.25, 0.3) is 11.3 Å². The van der Waals surface area contributed by atoms with Gasteiger partial charge in [0.1, 0.15) is 5.82 Å². The third-order valence-electron chi connectivity index (χ3n) is 2.67. The molecule has 0 aliphatic heterocycles. The molecule has 0 bridgehead atoms. The van der Waals surface area contributed by atoms with Crippen molar-refractivity contribution in [1.29, 1.82) is 0 Å². The molecule has 0 atom stereocenters. The van der Waals surface area contributed by atoms with Gasteiger partial charge in [-0.2, -0.15) is 0 Å². The van der Waals surface area contributed by atoms with Gasteiger partial charge in [0.25, 0.3) is 5.69 Å². The lowest BCUT2D eigenvalue weighted by atomic mass is 10.0. The maximum atomic E-state index is 13.4. The highest BCUT2D eigenvalue weighted by atomic mass is 19.1. The molecule has 0 radical (unpaired) electrons. The monoisotopic (exact) mass is 265 g/mol. The van der Waals surface area contributed by atoms with Crippen LogP contribution < -0.4 is 5.73 Å². The number of nitrogens with zero attached hydrogens (tertiary/aromatic N) is 2. The van der Waals surface area contributed by atoms with E-state index in [1.54, 1.807) is 0 Å². The zero-order valence-corrected chi connectivity index (χ0v) is 10.2. The Labute approximate surface area is 108 Å². The maximum Gasteiger partial charge on any atom is 0.273 e. The van der Waals surface area contributed by atoms with Crippen molar-refractivity contribution in [3.8, 4) is 11.3 Å². The van der Waals surface area contributed by atoms with E-state index in [0.29, 0.717) is 12.0 Å². The molecule has 0 spiro atoms. The van der Waals surface area contributed by atoms with Gasteiger partial charge in [-0.05, 0) is 12.5 Å². The molecule has 0 unspecified atom stereocenters. The van der Waals surface area contributed by atoms with Gasteiger partial charge in [0, 0.05) is 17.2 Å². The van der Waals surface area contributed by atoms with Gasteiger partial charge in [-0.25, -0.2) is 4.39 Å². The van der Waals surface area contributed by atoms with Crippen molar-refractivity contribution in [2.24, 2.45) is 0 Å². The average Bonchev–Trinajstić information content (AvgIpc) is 2.71. The van der Waals surface area contributed by atoms with Gasteiger partial charge in [0.15, 0.2) is 11.6 Å². The Morgan fingerprint density at radius 3 is 2.84 bits per heavy atom. The van der Waals surface area contributed by atoms with Gasteiger partial charge in [-0.1, -0.05) is 18.5 Å². The van der Waals surface area contributed by atoms with E-state index < -0.39 is 10.7 Å². The molecule has 0 aliphatic carbocycles. The van der Waals surface area contributed by atoms with Crippen LogP contribution in [0.2, 0.25) is 0 Å². The summed E-state index contributed by atoms with van der Waals surface area (Å²) >= 11 is 0. The normalized spacial score (nSPS) is 10.6. The van der Waals surface area contributed by atoms with E-state index >= 15 is 0 Å². The van der Waals surface area contributed by atoms with Gasteiger partial charge in [-0.15, -0.1) is 0 Å². The maximum absolute atomic E-state index is 13.4. The summed E-state index contributed by atoms with van der Waals surface area (Å²) in [5.74, 6) is -0.202. The predicted molar refractivity (Wildman–Crippen MR) is 67.0 cm³/mol. The molecule has 19 heavy (non-hydrogen) atoms. The summed E-state index contributed by atoms with van der Waals surface area (Å²) in [6.07, 6.45) is 1.41. The van der Waals surface area contributed by atoms with E-state index in [1.165, 1.54) is 6.07 Å². The Bertz CT molecular complexity index is 625. The highest BCUT2D eigenvalue weighted by molar-refractivity contribution is 5.68. The first-order valence-corrected chi connectivity index (χ1v) is 5.72. The van der Waals surface area contributed by atoms with Crippen molar-refractivity contribution in [2.45, 2.75) is 19.8 Å². The van der Waals surface area contributed by atoms with Crippen molar-refractivity contribution >= 4 is 11.5 Å². The molecule has 0 fully saturated rings. The van der Waals surface area contributed by atoms with E-state index in [0.717, 1.165) is 18.6 Å². The van der Waals surface area contributed by atoms with Crippen molar-refractivity contribution in [2.75, 3.05) is 5.73 Å². The summed E-state index contributed by atoms with van der Waals surface area (Å²) < 4.78 is 18.5. The van der Waals surface area contributed by atoms with E-state index in [2.05, 4.69) is 5.16 Å². The number of non-ortho nitro benzene ring substituents is 1.